The quantitative estimate of drug-likeness (QED) is 0.645. The van der Waals surface area contributed by atoms with Crippen LogP contribution in [0.1, 0.15) is 10.4 Å². The predicted molar refractivity (Wildman–Crippen MR) is 83.5 cm³/mol. The molecule has 2 aromatic heterocycles. The molecule has 7 heteroatoms. The van der Waals surface area contributed by atoms with Gasteiger partial charge in [0, 0.05) is 11.8 Å². The van der Waals surface area contributed by atoms with E-state index in [0.29, 0.717) is 14.8 Å². The standard InChI is InChI=1S/C14H8FIN2O3/c15-7-3-1-6(2-4-7)12-10(14(19)20)9-11(17)8(16)5-18-13(9)21-12/h1-5H,(H2,17,18)(H,19,20). The Morgan fingerprint density at radius 2 is 2.00 bits per heavy atom. The van der Waals surface area contributed by atoms with Crippen LogP contribution in [-0.2, 0) is 0 Å². The summed E-state index contributed by atoms with van der Waals surface area (Å²) in [7, 11) is 0. The van der Waals surface area contributed by atoms with E-state index in [1.807, 2.05) is 22.6 Å². The zero-order valence-electron chi connectivity index (χ0n) is 10.4. The number of pyridine rings is 1. The molecule has 3 aromatic rings. The highest BCUT2D eigenvalue weighted by Gasteiger charge is 2.25. The molecule has 3 N–H and O–H groups in total. The van der Waals surface area contributed by atoms with Crippen LogP contribution in [0.3, 0.4) is 0 Å². The number of furan rings is 1. The van der Waals surface area contributed by atoms with Crippen molar-refractivity contribution in [2.24, 2.45) is 0 Å². The van der Waals surface area contributed by atoms with Crippen molar-refractivity contribution in [3.05, 3.63) is 45.4 Å². The summed E-state index contributed by atoms with van der Waals surface area (Å²) < 4.78 is 19.2. The SMILES string of the molecule is Nc1c(I)cnc2oc(-c3ccc(F)cc3)c(C(=O)O)c12. The first-order valence-electron chi connectivity index (χ1n) is 5.84. The number of halogens is 2. The number of nitrogen functional groups attached to an aromatic ring is 1. The second-order valence-electron chi connectivity index (χ2n) is 4.32. The molecule has 0 amide bonds. The lowest BCUT2D eigenvalue weighted by molar-refractivity contribution is 0.0699. The molecule has 0 aliphatic rings. The Kier molecular flexibility index (Phi) is 3.28. The maximum Gasteiger partial charge on any atom is 0.340 e. The minimum absolute atomic E-state index is 0.0693. The van der Waals surface area contributed by atoms with Crippen LogP contribution in [0.5, 0.6) is 0 Å². The molecule has 3 rings (SSSR count). The first-order valence-corrected chi connectivity index (χ1v) is 6.92. The molecule has 0 unspecified atom stereocenters. The number of anilines is 1. The molecule has 0 saturated heterocycles. The van der Waals surface area contributed by atoms with Gasteiger partial charge in [-0.25, -0.2) is 14.2 Å². The molecular weight excluding hydrogens is 390 g/mol. The minimum atomic E-state index is -1.18. The van der Waals surface area contributed by atoms with Gasteiger partial charge in [-0.1, -0.05) is 0 Å². The number of nitrogens with zero attached hydrogens (tertiary/aromatic N) is 1. The van der Waals surface area contributed by atoms with Gasteiger partial charge < -0.3 is 15.3 Å². The molecule has 0 aliphatic carbocycles. The van der Waals surface area contributed by atoms with Crippen LogP contribution in [0.15, 0.2) is 34.9 Å². The van der Waals surface area contributed by atoms with Gasteiger partial charge in [-0.05, 0) is 46.9 Å². The molecule has 0 spiro atoms. The number of aromatic carboxylic acids is 1. The van der Waals surface area contributed by atoms with Crippen molar-refractivity contribution in [3.8, 4) is 11.3 Å². The highest BCUT2D eigenvalue weighted by Crippen LogP contribution is 2.37. The summed E-state index contributed by atoms with van der Waals surface area (Å²) in [6, 6.07) is 5.35. The first-order chi connectivity index (χ1) is 9.99. The molecule has 0 saturated carbocycles. The Bertz CT molecular complexity index is 859. The fraction of sp³-hybridized carbons (Fsp3) is 0. The van der Waals surface area contributed by atoms with Crippen LogP contribution in [0, 0.1) is 9.39 Å². The molecule has 1 aromatic carbocycles. The van der Waals surface area contributed by atoms with Gasteiger partial charge in [0.15, 0.2) is 5.76 Å². The number of nitrogens with two attached hydrogens (primary N) is 1. The highest BCUT2D eigenvalue weighted by atomic mass is 127. The number of fused-ring (bicyclic) bond motifs is 1. The smallest absolute Gasteiger partial charge is 0.340 e. The third kappa shape index (κ3) is 2.23. The van der Waals surface area contributed by atoms with Gasteiger partial charge in [0.2, 0.25) is 5.71 Å². The Hall–Kier alpha value is -2.16. The van der Waals surface area contributed by atoms with E-state index < -0.39 is 11.8 Å². The van der Waals surface area contributed by atoms with Crippen LogP contribution in [0.25, 0.3) is 22.4 Å². The number of hydrogen-bond donors (Lipinski definition) is 2. The Labute approximate surface area is 131 Å². The third-order valence-corrected chi connectivity index (χ3v) is 3.89. The molecule has 0 atom stereocenters. The average molecular weight is 398 g/mol. The van der Waals surface area contributed by atoms with E-state index in [1.54, 1.807) is 0 Å². The molecule has 5 nitrogen and oxygen atoms in total. The highest BCUT2D eigenvalue weighted by molar-refractivity contribution is 14.1. The van der Waals surface area contributed by atoms with Crippen molar-refractivity contribution >= 4 is 45.3 Å². The molecule has 21 heavy (non-hydrogen) atoms. The molecular formula is C14H8FIN2O3. The zero-order chi connectivity index (χ0) is 15.1. The first kappa shape index (κ1) is 13.8. The largest absolute Gasteiger partial charge is 0.478 e. The van der Waals surface area contributed by atoms with Crippen molar-refractivity contribution in [1.29, 1.82) is 0 Å². The lowest BCUT2D eigenvalue weighted by Gasteiger charge is -2.00. The summed E-state index contributed by atoms with van der Waals surface area (Å²) in [6.45, 7) is 0. The van der Waals surface area contributed by atoms with E-state index in [-0.39, 0.29) is 22.4 Å². The number of rotatable bonds is 2. The Morgan fingerprint density at radius 3 is 2.62 bits per heavy atom. The van der Waals surface area contributed by atoms with Crippen molar-refractivity contribution in [2.45, 2.75) is 0 Å². The van der Waals surface area contributed by atoms with Gasteiger partial charge in [0.05, 0.1) is 14.6 Å². The number of carboxylic acids is 1. The Morgan fingerprint density at radius 1 is 1.33 bits per heavy atom. The van der Waals surface area contributed by atoms with Crippen molar-refractivity contribution in [3.63, 3.8) is 0 Å². The monoisotopic (exact) mass is 398 g/mol. The average Bonchev–Trinajstić information content (AvgIpc) is 2.84. The fourth-order valence-electron chi connectivity index (χ4n) is 2.07. The van der Waals surface area contributed by atoms with E-state index in [2.05, 4.69) is 4.98 Å². The number of benzene rings is 1. The van der Waals surface area contributed by atoms with E-state index in [4.69, 9.17) is 10.2 Å². The van der Waals surface area contributed by atoms with Gasteiger partial charge in [-0.3, -0.25) is 0 Å². The van der Waals surface area contributed by atoms with Crippen molar-refractivity contribution in [1.82, 2.24) is 4.98 Å². The molecule has 2 heterocycles. The van der Waals surface area contributed by atoms with E-state index in [1.165, 1.54) is 30.5 Å². The molecule has 0 fully saturated rings. The summed E-state index contributed by atoms with van der Waals surface area (Å²) in [5, 5.41) is 9.72. The predicted octanol–water partition coefficient (Wildman–Crippen LogP) is 3.52. The molecule has 106 valence electrons. The second kappa shape index (κ2) is 4.99. The van der Waals surface area contributed by atoms with Crippen LogP contribution in [0.2, 0.25) is 0 Å². The topological polar surface area (TPSA) is 89.4 Å². The minimum Gasteiger partial charge on any atom is -0.478 e. The fourth-order valence-corrected chi connectivity index (χ4v) is 2.48. The summed E-state index contributed by atoms with van der Waals surface area (Å²) >= 11 is 1.97. The van der Waals surface area contributed by atoms with Crippen molar-refractivity contribution < 1.29 is 18.7 Å². The van der Waals surface area contributed by atoms with Crippen LogP contribution >= 0.6 is 22.6 Å². The third-order valence-electron chi connectivity index (χ3n) is 3.03. The molecule has 0 radical (unpaired) electrons. The van der Waals surface area contributed by atoms with E-state index in [9.17, 15) is 14.3 Å². The van der Waals surface area contributed by atoms with Crippen molar-refractivity contribution in [2.75, 3.05) is 5.73 Å². The maximum absolute atomic E-state index is 13.0. The number of aromatic nitrogens is 1. The van der Waals surface area contributed by atoms with Gasteiger partial charge in [-0.15, -0.1) is 0 Å². The van der Waals surface area contributed by atoms with Crippen LogP contribution < -0.4 is 5.73 Å². The van der Waals surface area contributed by atoms with E-state index in [0.717, 1.165) is 0 Å². The number of carboxylic acid groups (broad SMARTS) is 1. The normalized spacial score (nSPS) is 11.0. The summed E-state index contributed by atoms with van der Waals surface area (Å²) in [6.07, 6.45) is 1.50. The Balaban J connectivity index is 2.38. The summed E-state index contributed by atoms with van der Waals surface area (Å²) in [4.78, 5) is 15.6. The molecule has 0 bridgehead atoms. The zero-order valence-corrected chi connectivity index (χ0v) is 12.6. The van der Waals surface area contributed by atoms with Gasteiger partial charge in [0.1, 0.15) is 11.4 Å². The van der Waals surface area contributed by atoms with Crippen LogP contribution in [-0.4, -0.2) is 16.1 Å². The van der Waals surface area contributed by atoms with Gasteiger partial charge in [-0.2, -0.15) is 0 Å². The lowest BCUT2D eigenvalue weighted by Crippen LogP contribution is -2.00. The number of carbonyl (C=O) groups is 1. The van der Waals surface area contributed by atoms with Gasteiger partial charge in [0.25, 0.3) is 0 Å². The second-order valence-corrected chi connectivity index (χ2v) is 5.48. The number of hydrogen-bond acceptors (Lipinski definition) is 4. The van der Waals surface area contributed by atoms with E-state index >= 15 is 0 Å². The molecule has 0 aliphatic heterocycles. The maximum atomic E-state index is 13.0. The lowest BCUT2D eigenvalue weighted by atomic mass is 10.1. The van der Waals surface area contributed by atoms with Crippen LogP contribution in [0.4, 0.5) is 10.1 Å². The van der Waals surface area contributed by atoms with Gasteiger partial charge >= 0.3 is 5.97 Å². The summed E-state index contributed by atoms with van der Waals surface area (Å²) in [5.41, 5.74) is 6.76. The summed E-state index contributed by atoms with van der Waals surface area (Å²) in [5.74, 6) is -1.49.